The number of anilines is 1. The standard InChI is InChI=1S/C20H21N3O5S3/c1-4-28-20(25)17-12(2)16(29-11-21)19(30-17)22-18(24)13-5-9-15(10-6-13)31(26,27)23(3)14-7-8-14/h5-6,9-10,14H,4,7-8H2,1-3H3,(H,22,24). The molecule has 164 valence electrons. The number of thiophene rings is 1. The fourth-order valence-corrected chi connectivity index (χ4v) is 6.11. The lowest BCUT2D eigenvalue weighted by molar-refractivity contribution is 0.0531. The molecule has 2 aromatic rings. The number of nitrogens with one attached hydrogen (secondary N) is 1. The van der Waals surface area contributed by atoms with Crippen LogP contribution in [0.1, 0.15) is 45.4 Å². The summed E-state index contributed by atoms with van der Waals surface area (Å²) in [6.45, 7) is 3.60. The first-order valence-electron chi connectivity index (χ1n) is 9.46. The number of thioether (sulfide) groups is 1. The topological polar surface area (TPSA) is 117 Å². The predicted molar refractivity (Wildman–Crippen MR) is 119 cm³/mol. The number of benzene rings is 1. The van der Waals surface area contributed by atoms with Gasteiger partial charge in [-0.25, -0.2) is 13.2 Å². The normalized spacial score (nSPS) is 13.6. The van der Waals surface area contributed by atoms with Crippen LogP contribution in [-0.4, -0.2) is 44.3 Å². The van der Waals surface area contributed by atoms with Crippen molar-refractivity contribution in [3.8, 4) is 5.40 Å². The van der Waals surface area contributed by atoms with E-state index in [2.05, 4.69) is 5.32 Å². The molecule has 8 nitrogen and oxygen atoms in total. The first kappa shape index (κ1) is 23.3. The molecule has 0 unspecified atom stereocenters. The highest BCUT2D eigenvalue weighted by Gasteiger charge is 2.35. The molecule has 0 spiro atoms. The van der Waals surface area contributed by atoms with Crippen molar-refractivity contribution in [2.45, 2.75) is 42.5 Å². The molecule has 1 amide bonds. The zero-order valence-corrected chi connectivity index (χ0v) is 19.6. The molecule has 31 heavy (non-hydrogen) atoms. The molecule has 11 heteroatoms. The molecule has 1 saturated carbocycles. The van der Waals surface area contributed by atoms with E-state index in [1.54, 1.807) is 20.9 Å². The van der Waals surface area contributed by atoms with Crippen molar-refractivity contribution < 1.29 is 22.7 Å². The van der Waals surface area contributed by atoms with Gasteiger partial charge in [-0.15, -0.1) is 11.3 Å². The van der Waals surface area contributed by atoms with E-state index >= 15 is 0 Å². The van der Waals surface area contributed by atoms with E-state index in [0.717, 1.165) is 35.9 Å². The van der Waals surface area contributed by atoms with Gasteiger partial charge in [0.1, 0.15) is 15.3 Å². The second kappa shape index (κ2) is 9.40. The highest BCUT2D eigenvalue weighted by molar-refractivity contribution is 8.04. The van der Waals surface area contributed by atoms with Gasteiger partial charge in [0.05, 0.1) is 16.4 Å². The van der Waals surface area contributed by atoms with Gasteiger partial charge in [0.25, 0.3) is 5.91 Å². The Bertz CT molecular complexity index is 1150. The largest absolute Gasteiger partial charge is 0.462 e. The van der Waals surface area contributed by atoms with E-state index in [0.29, 0.717) is 20.3 Å². The monoisotopic (exact) mass is 479 g/mol. The minimum Gasteiger partial charge on any atom is -0.462 e. The van der Waals surface area contributed by atoms with Crippen LogP contribution in [0.3, 0.4) is 0 Å². The van der Waals surface area contributed by atoms with Crippen LogP contribution in [-0.2, 0) is 14.8 Å². The van der Waals surface area contributed by atoms with E-state index in [1.165, 1.54) is 28.6 Å². The molecular formula is C20H21N3O5S3. The van der Waals surface area contributed by atoms with Crippen molar-refractivity contribution in [2.75, 3.05) is 19.0 Å². The van der Waals surface area contributed by atoms with Crippen LogP contribution < -0.4 is 5.32 Å². The molecule has 3 rings (SSSR count). The highest BCUT2D eigenvalue weighted by atomic mass is 32.2. The van der Waals surface area contributed by atoms with Crippen LogP contribution in [0.4, 0.5) is 5.00 Å². The Morgan fingerprint density at radius 3 is 2.52 bits per heavy atom. The average molecular weight is 480 g/mol. The van der Waals surface area contributed by atoms with Crippen LogP contribution in [0.15, 0.2) is 34.1 Å². The van der Waals surface area contributed by atoms with E-state index in [9.17, 15) is 18.0 Å². The van der Waals surface area contributed by atoms with Gasteiger partial charge < -0.3 is 10.1 Å². The van der Waals surface area contributed by atoms with Gasteiger partial charge in [-0.1, -0.05) is 0 Å². The lowest BCUT2D eigenvalue weighted by Gasteiger charge is -2.16. The number of hydrogen-bond acceptors (Lipinski definition) is 8. The SMILES string of the molecule is CCOC(=O)c1sc(NC(=O)c2ccc(S(=O)(=O)N(C)C3CC3)cc2)c(SC#N)c1C. The Labute approximate surface area is 189 Å². The number of carbonyl (C=O) groups is 2. The van der Waals surface area contributed by atoms with Crippen LogP contribution >= 0.6 is 23.1 Å². The highest BCUT2D eigenvalue weighted by Crippen LogP contribution is 2.40. The molecule has 0 atom stereocenters. The number of ether oxygens (including phenoxy) is 1. The summed E-state index contributed by atoms with van der Waals surface area (Å²) in [6, 6.07) is 5.72. The molecular weight excluding hydrogens is 458 g/mol. The Morgan fingerprint density at radius 2 is 1.97 bits per heavy atom. The molecule has 0 saturated heterocycles. The van der Waals surface area contributed by atoms with Gasteiger partial charge in [0.2, 0.25) is 10.0 Å². The Hall–Kier alpha value is -2.39. The summed E-state index contributed by atoms with van der Waals surface area (Å²) in [5.74, 6) is -0.990. The Morgan fingerprint density at radius 1 is 1.32 bits per heavy atom. The van der Waals surface area contributed by atoms with Gasteiger partial charge in [-0.3, -0.25) is 4.79 Å². The molecule has 1 aliphatic rings. The van der Waals surface area contributed by atoms with Crippen LogP contribution in [0.2, 0.25) is 0 Å². The van der Waals surface area contributed by atoms with Gasteiger partial charge >= 0.3 is 5.97 Å². The smallest absolute Gasteiger partial charge is 0.348 e. The lowest BCUT2D eigenvalue weighted by Crippen LogP contribution is -2.29. The van der Waals surface area contributed by atoms with Gasteiger partial charge in [0, 0.05) is 18.7 Å². The Kier molecular flexibility index (Phi) is 7.06. The van der Waals surface area contributed by atoms with Crippen LogP contribution in [0.25, 0.3) is 0 Å². The molecule has 0 aliphatic heterocycles. The number of carbonyl (C=O) groups excluding carboxylic acids is 2. The average Bonchev–Trinajstić information content (AvgIpc) is 3.55. The van der Waals surface area contributed by atoms with E-state index in [-0.39, 0.29) is 23.1 Å². The molecule has 1 aromatic carbocycles. The number of nitrogens with zero attached hydrogens (tertiary/aromatic N) is 2. The maximum absolute atomic E-state index is 12.7. The van der Waals surface area contributed by atoms with E-state index in [4.69, 9.17) is 10.00 Å². The summed E-state index contributed by atoms with van der Waals surface area (Å²) in [4.78, 5) is 25.8. The summed E-state index contributed by atoms with van der Waals surface area (Å²) in [5, 5.41) is 14.1. The molecule has 0 bridgehead atoms. The minimum absolute atomic E-state index is 0.0414. The summed E-state index contributed by atoms with van der Waals surface area (Å²) in [6.07, 6.45) is 1.71. The number of rotatable bonds is 8. The molecule has 1 aliphatic carbocycles. The van der Waals surface area contributed by atoms with Crippen molar-refractivity contribution in [3.63, 3.8) is 0 Å². The Balaban J connectivity index is 1.82. The lowest BCUT2D eigenvalue weighted by atomic mass is 10.2. The fraction of sp³-hybridized carbons (Fsp3) is 0.350. The molecule has 1 N–H and O–H groups in total. The van der Waals surface area contributed by atoms with Crippen molar-refractivity contribution in [3.05, 3.63) is 40.3 Å². The van der Waals surface area contributed by atoms with Crippen molar-refractivity contribution in [2.24, 2.45) is 0 Å². The van der Waals surface area contributed by atoms with E-state index in [1.807, 2.05) is 5.40 Å². The number of thiocyanates is 1. The molecule has 0 radical (unpaired) electrons. The zero-order valence-electron chi connectivity index (χ0n) is 17.2. The summed E-state index contributed by atoms with van der Waals surface area (Å²) in [7, 11) is -2.04. The van der Waals surface area contributed by atoms with Gasteiger partial charge in [0.15, 0.2) is 0 Å². The first-order chi connectivity index (χ1) is 14.7. The van der Waals surface area contributed by atoms with Gasteiger partial charge in [-0.2, -0.15) is 9.57 Å². The maximum atomic E-state index is 12.7. The van der Waals surface area contributed by atoms with Crippen molar-refractivity contribution >= 4 is 50.0 Å². The number of nitriles is 1. The number of hydrogen-bond donors (Lipinski definition) is 1. The van der Waals surface area contributed by atoms with Crippen molar-refractivity contribution in [1.29, 1.82) is 5.26 Å². The third-order valence-electron chi connectivity index (χ3n) is 4.78. The van der Waals surface area contributed by atoms with E-state index < -0.39 is 21.9 Å². The van der Waals surface area contributed by atoms with Crippen LogP contribution in [0.5, 0.6) is 0 Å². The maximum Gasteiger partial charge on any atom is 0.348 e. The number of sulfonamides is 1. The predicted octanol–water partition coefficient (Wildman–Crippen LogP) is 3.84. The fourth-order valence-electron chi connectivity index (χ4n) is 2.89. The summed E-state index contributed by atoms with van der Waals surface area (Å²) in [5.41, 5.74) is 0.819. The first-order valence-corrected chi connectivity index (χ1v) is 12.5. The molecule has 1 aromatic heterocycles. The third-order valence-corrected chi connectivity index (χ3v) is 8.83. The number of esters is 1. The van der Waals surface area contributed by atoms with Crippen molar-refractivity contribution in [1.82, 2.24) is 4.31 Å². The summed E-state index contributed by atoms with van der Waals surface area (Å²) >= 11 is 1.89. The second-order valence-corrected chi connectivity index (χ2v) is 10.7. The quantitative estimate of drug-likeness (QED) is 0.347. The second-order valence-electron chi connectivity index (χ2n) is 6.86. The zero-order chi connectivity index (χ0) is 22.8. The third kappa shape index (κ3) is 4.93. The van der Waals surface area contributed by atoms with Gasteiger partial charge in [-0.05, 0) is 68.3 Å². The minimum atomic E-state index is -3.60. The number of amides is 1. The van der Waals surface area contributed by atoms with Crippen LogP contribution in [0, 0.1) is 17.6 Å². The molecule has 1 heterocycles. The molecule has 1 fully saturated rings. The summed E-state index contributed by atoms with van der Waals surface area (Å²) < 4.78 is 31.6.